The standard InChI is InChI=1S/C35H38O6S/c1-23-20-29-24(2)32(41-35(42)39-28-16-10-5-11-17-28)21-30(29)27(22-38-33(36)25-12-6-3-7-13-25)18-19-31(23)40-34(37)26-14-8-4-9-15-26/h3-17,23-24,27,29-32H,18-22H2,1-2H3/t23-,24-,27-,29-,30-,31-,32?/m1/s1. The summed E-state index contributed by atoms with van der Waals surface area (Å²) in [5, 5.41) is 0.113. The molecular weight excluding hydrogens is 548 g/mol. The first-order chi connectivity index (χ1) is 20.4. The Balaban J connectivity index is 1.31. The smallest absolute Gasteiger partial charge is 0.358 e. The van der Waals surface area contributed by atoms with Gasteiger partial charge in [0.15, 0.2) is 0 Å². The molecule has 0 saturated heterocycles. The minimum absolute atomic E-state index is 0.0905. The molecule has 42 heavy (non-hydrogen) atoms. The van der Waals surface area contributed by atoms with Crippen molar-refractivity contribution in [3.8, 4) is 5.75 Å². The first-order valence-corrected chi connectivity index (χ1v) is 15.2. The lowest BCUT2D eigenvalue weighted by Gasteiger charge is -2.37. The molecule has 2 saturated carbocycles. The lowest BCUT2D eigenvalue weighted by molar-refractivity contribution is -0.0113. The van der Waals surface area contributed by atoms with E-state index in [1.165, 1.54) is 0 Å². The Morgan fingerprint density at radius 3 is 1.95 bits per heavy atom. The van der Waals surface area contributed by atoms with Crippen molar-refractivity contribution in [2.75, 3.05) is 6.61 Å². The van der Waals surface area contributed by atoms with Crippen molar-refractivity contribution >= 4 is 29.4 Å². The van der Waals surface area contributed by atoms with Gasteiger partial charge in [-0.2, -0.15) is 0 Å². The molecule has 2 aliphatic carbocycles. The molecule has 1 unspecified atom stereocenters. The Bertz CT molecular complexity index is 1330. The van der Waals surface area contributed by atoms with Crippen molar-refractivity contribution in [1.82, 2.24) is 0 Å². The van der Waals surface area contributed by atoms with Gasteiger partial charge in [0.05, 0.1) is 17.7 Å². The lowest BCUT2D eigenvalue weighted by Crippen LogP contribution is -2.36. The van der Waals surface area contributed by atoms with Crippen molar-refractivity contribution in [2.45, 2.75) is 51.7 Å². The van der Waals surface area contributed by atoms with Crippen LogP contribution >= 0.6 is 12.2 Å². The number of hydrogen-bond acceptors (Lipinski definition) is 7. The maximum Gasteiger partial charge on any atom is 0.358 e. The van der Waals surface area contributed by atoms with Gasteiger partial charge in [-0.15, -0.1) is 0 Å². The van der Waals surface area contributed by atoms with Gasteiger partial charge in [0.25, 0.3) is 0 Å². The zero-order valence-electron chi connectivity index (χ0n) is 24.1. The Kier molecular flexibility index (Phi) is 9.90. The monoisotopic (exact) mass is 586 g/mol. The number of fused-ring (bicyclic) bond motifs is 1. The van der Waals surface area contributed by atoms with Gasteiger partial charge in [0.1, 0.15) is 18.0 Å². The number of hydrogen-bond donors (Lipinski definition) is 0. The zero-order chi connectivity index (χ0) is 29.5. The molecule has 0 N–H and O–H groups in total. The van der Waals surface area contributed by atoms with E-state index in [0.29, 0.717) is 29.9 Å². The Labute approximate surface area is 253 Å². The van der Waals surface area contributed by atoms with E-state index in [2.05, 4.69) is 13.8 Å². The van der Waals surface area contributed by atoms with Crippen LogP contribution in [0.15, 0.2) is 91.0 Å². The molecule has 0 radical (unpaired) electrons. The minimum atomic E-state index is -0.328. The largest absolute Gasteiger partial charge is 0.462 e. The fraction of sp³-hybridized carbons (Fsp3) is 0.400. The number of ether oxygens (including phenoxy) is 4. The number of rotatable bonds is 7. The van der Waals surface area contributed by atoms with Crippen LogP contribution in [0.25, 0.3) is 0 Å². The van der Waals surface area contributed by atoms with Crippen LogP contribution in [-0.4, -0.2) is 36.0 Å². The van der Waals surface area contributed by atoms with Crippen molar-refractivity contribution in [1.29, 1.82) is 0 Å². The highest BCUT2D eigenvalue weighted by molar-refractivity contribution is 7.79. The van der Waals surface area contributed by atoms with Gasteiger partial charge >= 0.3 is 17.2 Å². The summed E-state index contributed by atoms with van der Waals surface area (Å²) in [5.74, 6) is 0.989. The Hall–Kier alpha value is -3.71. The van der Waals surface area contributed by atoms with Crippen molar-refractivity contribution < 1.29 is 28.5 Å². The third-order valence-corrected chi connectivity index (χ3v) is 9.10. The molecule has 0 aliphatic heterocycles. The molecule has 0 amide bonds. The number of esters is 2. The van der Waals surface area contributed by atoms with Crippen LogP contribution in [-0.2, 0) is 14.2 Å². The highest BCUT2D eigenvalue weighted by atomic mass is 32.1. The highest BCUT2D eigenvalue weighted by Gasteiger charge is 2.48. The van der Waals surface area contributed by atoms with E-state index >= 15 is 0 Å². The highest BCUT2D eigenvalue weighted by Crippen LogP contribution is 2.49. The average molecular weight is 587 g/mol. The molecule has 0 bridgehead atoms. The molecule has 0 aromatic heterocycles. The predicted octanol–water partition coefficient (Wildman–Crippen LogP) is 7.53. The van der Waals surface area contributed by atoms with Crippen molar-refractivity contribution in [3.05, 3.63) is 102 Å². The summed E-state index contributed by atoms with van der Waals surface area (Å²) in [6.07, 6.45) is 2.77. The summed E-state index contributed by atoms with van der Waals surface area (Å²) < 4.78 is 24.0. The van der Waals surface area contributed by atoms with Crippen LogP contribution in [0.5, 0.6) is 5.75 Å². The first kappa shape index (κ1) is 29.8. The number of para-hydroxylation sites is 1. The lowest BCUT2D eigenvalue weighted by atomic mass is 9.71. The van der Waals surface area contributed by atoms with Crippen LogP contribution in [0.4, 0.5) is 0 Å². The summed E-state index contributed by atoms with van der Waals surface area (Å²) in [6, 6.07) is 27.6. The molecule has 0 heterocycles. The molecular formula is C35H38O6S. The summed E-state index contributed by atoms with van der Waals surface area (Å²) in [4.78, 5) is 25.8. The van der Waals surface area contributed by atoms with Crippen LogP contribution < -0.4 is 4.74 Å². The second kappa shape index (κ2) is 14.0. The number of benzene rings is 3. The van der Waals surface area contributed by atoms with E-state index < -0.39 is 0 Å². The molecule has 2 fully saturated rings. The molecule has 7 atom stereocenters. The van der Waals surface area contributed by atoms with Crippen LogP contribution in [0, 0.1) is 29.6 Å². The van der Waals surface area contributed by atoms with Gasteiger partial charge in [-0.3, -0.25) is 0 Å². The van der Waals surface area contributed by atoms with E-state index in [1.54, 1.807) is 24.3 Å². The third-order valence-electron chi connectivity index (χ3n) is 8.92. The number of thiocarbonyl (C=S) groups is 1. The van der Waals surface area contributed by atoms with Crippen LogP contribution in [0.1, 0.15) is 60.2 Å². The summed E-state index contributed by atoms with van der Waals surface area (Å²) in [5.41, 5.74) is 1.08. The molecule has 220 valence electrons. The molecule has 5 rings (SSSR count). The molecule has 7 heteroatoms. The van der Waals surface area contributed by atoms with Gasteiger partial charge < -0.3 is 18.9 Å². The van der Waals surface area contributed by atoms with Gasteiger partial charge in [0, 0.05) is 12.2 Å². The molecule has 2 aliphatic rings. The van der Waals surface area contributed by atoms with Crippen molar-refractivity contribution in [3.63, 3.8) is 0 Å². The van der Waals surface area contributed by atoms with Gasteiger partial charge in [-0.25, -0.2) is 9.59 Å². The van der Waals surface area contributed by atoms with E-state index in [9.17, 15) is 9.59 Å². The average Bonchev–Trinajstić information content (AvgIpc) is 3.30. The quantitative estimate of drug-likeness (QED) is 0.209. The van der Waals surface area contributed by atoms with E-state index in [4.69, 9.17) is 31.2 Å². The van der Waals surface area contributed by atoms with Gasteiger partial charge in [0.2, 0.25) is 0 Å². The SMILES string of the molecule is C[C@@H]1C[C@H]2[C@H](CC(OC(=S)Oc3ccccc3)[C@@H]2C)[C@@H](COC(=O)c2ccccc2)CC[C@H]1OC(=O)c1ccccc1. The van der Waals surface area contributed by atoms with Crippen molar-refractivity contribution in [2.24, 2.45) is 29.6 Å². The second-order valence-corrected chi connectivity index (χ2v) is 11.9. The molecule has 6 nitrogen and oxygen atoms in total. The number of carbonyl (C=O) groups excluding carboxylic acids is 2. The van der Waals surface area contributed by atoms with E-state index in [0.717, 1.165) is 19.3 Å². The topological polar surface area (TPSA) is 71.1 Å². The zero-order valence-corrected chi connectivity index (χ0v) is 24.9. The second-order valence-electron chi connectivity index (χ2n) is 11.6. The summed E-state index contributed by atoms with van der Waals surface area (Å²) in [6.45, 7) is 4.67. The van der Waals surface area contributed by atoms with Crippen LogP contribution in [0.2, 0.25) is 0 Å². The van der Waals surface area contributed by atoms with E-state index in [1.807, 2.05) is 66.7 Å². The summed E-state index contributed by atoms with van der Waals surface area (Å²) in [7, 11) is 0. The third kappa shape index (κ3) is 7.37. The molecule has 3 aromatic rings. The maximum absolute atomic E-state index is 13.0. The Morgan fingerprint density at radius 2 is 1.31 bits per heavy atom. The maximum atomic E-state index is 13.0. The predicted molar refractivity (Wildman–Crippen MR) is 164 cm³/mol. The minimum Gasteiger partial charge on any atom is -0.462 e. The van der Waals surface area contributed by atoms with Crippen LogP contribution in [0.3, 0.4) is 0 Å². The number of carbonyl (C=O) groups is 2. The summed E-state index contributed by atoms with van der Waals surface area (Å²) >= 11 is 5.48. The van der Waals surface area contributed by atoms with E-state index in [-0.39, 0.29) is 59.0 Å². The fourth-order valence-electron chi connectivity index (χ4n) is 6.60. The van der Waals surface area contributed by atoms with Gasteiger partial charge in [-0.05, 0) is 91.7 Å². The Morgan fingerprint density at radius 1 is 0.714 bits per heavy atom. The first-order valence-electron chi connectivity index (χ1n) is 14.8. The normalized spacial score (nSPS) is 27.0. The van der Waals surface area contributed by atoms with Gasteiger partial charge in [-0.1, -0.05) is 68.4 Å². The molecule has 0 spiro atoms. The molecule has 3 aromatic carbocycles. The fourth-order valence-corrected chi connectivity index (χ4v) is 6.82.